The number of pyridine rings is 1. The van der Waals surface area contributed by atoms with Crippen molar-refractivity contribution in [3.8, 4) is 0 Å². The number of nitrogens with two attached hydrogens (primary N) is 1. The minimum absolute atomic E-state index is 0.247. The Hall–Kier alpha value is -2.40. The molecule has 0 spiro atoms. The van der Waals surface area contributed by atoms with E-state index in [0.717, 1.165) is 5.69 Å². The molecule has 2 aromatic rings. The van der Waals surface area contributed by atoms with Crippen LogP contribution in [0.1, 0.15) is 35.7 Å². The maximum atomic E-state index is 12.2. The third-order valence-electron chi connectivity index (χ3n) is 3.02. The summed E-state index contributed by atoms with van der Waals surface area (Å²) in [5, 5.41) is 2.82. The van der Waals surface area contributed by atoms with Crippen LogP contribution < -0.4 is 16.6 Å². The van der Waals surface area contributed by atoms with Crippen LogP contribution in [0.4, 0.5) is 11.5 Å². The van der Waals surface area contributed by atoms with Crippen LogP contribution in [-0.4, -0.2) is 10.9 Å². The first-order chi connectivity index (χ1) is 9.61. The van der Waals surface area contributed by atoms with Gasteiger partial charge in [0.25, 0.3) is 5.91 Å². The molecule has 0 aliphatic carbocycles. The highest BCUT2D eigenvalue weighted by molar-refractivity contribution is 6.07. The second kappa shape index (κ2) is 6.16. The first kappa shape index (κ1) is 14.0. The van der Waals surface area contributed by atoms with Crippen molar-refractivity contribution in [1.82, 2.24) is 4.98 Å². The standard InChI is InChI=1S/C15H18N4O/c1-10(2)11-5-7-12(8-6-11)18-15(20)13-4-3-9-17-14(13)19-16/h3-10H,16H2,1-2H3,(H,17,19)(H,18,20). The summed E-state index contributed by atoms with van der Waals surface area (Å²) in [5.74, 6) is 5.91. The summed E-state index contributed by atoms with van der Waals surface area (Å²) in [4.78, 5) is 16.2. The highest BCUT2D eigenvalue weighted by Crippen LogP contribution is 2.18. The topological polar surface area (TPSA) is 80.0 Å². The van der Waals surface area contributed by atoms with Gasteiger partial charge in [0.15, 0.2) is 5.82 Å². The third-order valence-corrected chi connectivity index (χ3v) is 3.02. The number of rotatable bonds is 4. The van der Waals surface area contributed by atoms with Gasteiger partial charge in [0.05, 0.1) is 5.56 Å². The van der Waals surface area contributed by atoms with E-state index < -0.39 is 0 Å². The number of hydrogen-bond donors (Lipinski definition) is 3. The second-order valence-electron chi connectivity index (χ2n) is 4.77. The molecule has 0 fully saturated rings. The summed E-state index contributed by atoms with van der Waals surface area (Å²) >= 11 is 0. The molecule has 5 nitrogen and oxygen atoms in total. The molecule has 1 aromatic heterocycles. The van der Waals surface area contributed by atoms with Crippen LogP contribution in [0.5, 0.6) is 0 Å². The van der Waals surface area contributed by atoms with Crippen molar-refractivity contribution in [3.05, 3.63) is 53.7 Å². The van der Waals surface area contributed by atoms with Crippen LogP contribution in [0.15, 0.2) is 42.6 Å². The monoisotopic (exact) mass is 270 g/mol. The van der Waals surface area contributed by atoms with Gasteiger partial charge in [0.1, 0.15) is 0 Å². The predicted molar refractivity (Wildman–Crippen MR) is 80.5 cm³/mol. The first-order valence-electron chi connectivity index (χ1n) is 6.44. The Bertz CT molecular complexity index is 593. The van der Waals surface area contributed by atoms with E-state index in [4.69, 9.17) is 5.84 Å². The molecular formula is C15H18N4O. The smallest absolute Gasteiger partial charge is 0.259 e. The molecular weight excluding hydrogens is 252 g/mol. The SMILES string of the molecule is CC(C)c1ccc(NC(=O)c2cccnc2NN)cc1. The fourth-order valence-electron chi connectivity index (χ4n) is 1.85. The summed E-state index contributed by atoms with van der Waals surface area (Å²) in [5.41, 5.74) is 4.79. The second-order valence-corrected chi connectivity index (χ2v) is 4.77. The lowest BCUT2D eigenvalue weighted by atomic mass is 10.0. The van der Waals surface area contributed by atoms with E-state index in [1.807, 2.05) is 24.3 Å². The van der Waals surface area contributed by atoms with Gasteiger partial charge in [-0.2, -0.15) is 0 Å². The maximum absolute atomic E-state index is 12.2. The molecule has 0 unspecified atom stereocenters. The van der Waals surface area contributed by atoms with E-state index >= 15 is 0 Å². The van der Waals surface area contributed by atoms with E-state index in [-0.39, 0.29) is 5.91 Å². The predicted octanol–water partition coefficient (Wildman–Crippen LogP) is 2.74. The molecule has 1 aromatic carbocycles. The Balaban J connectivity index is 2.15. The van der Waals surface area contributed by atoms with Crippen molar-refractivity contribution in [2.45, 2.75) is 19.8 Å². The molecule has 104 valence electrons. The quantitative estimate of drug-likeness (QED) is 0.589. The number of carbonyl (C=O) groups excluding carboxylic acids is 1. The Morgan fingerprint density at radius 3 is 2.50 bits per heavy atom. The molecule has 0 aliphatic rings. The maximum Gasteiger partial charge on any atom is 0.259 e. The van der Waals surface area contributed by atoms with Crippen LogP contribution in [0.3, 0.4) is 0 Å². The first-order valence-corrected chi connectivity index (χ1v) is 6.44. The van der Waals surface area contributed by atoms with Crippen LogP contribution in [0.2, 0.25) is 0 Å². The number of nitrogen functional groups attached to an aromatic ring is 1. The third kappa shape index (κ3) is 3.13. The summed E-state index contributed by atoms with van der Waals surface area (Å²) in [6.07, 6.45) is 1.57. The summed E-state index contributed by atoms with van der Waals surface area (Å²) < 4.78 is 0. The highest BCUT2D eigenvalue weighted by atomic mass is 16.1. The van der Waals surface area contributed by atoms with E-state index in [9.17, 15) is 4.79 Å². The number of nitrogens with zero attached hydrogens (tertiary/aromatic N) is 1. The van der Waals surface area contributed by atoms with E-state index in [0.29, 0.717) is 17.3 Å². The molecule has 0 radical (unpaired) electrons. The van der Waals surface area contributed by atoms with Crippen molar-refractivity contribution in [3.63, 3.8) is 0 Å². The number of hydrogen-bond acceptors (Lipinski definition) is 4. The van der Waals surface area contributed by atoms with Crippen LogP contribution >= 0.6 is 0 Å². The van der Waals surface area contributed by atoms with Crippen LogP contribution in [0.25, 0.3) is 0 Å². The zero-order valence-corrected chi connectivity index (χ0v) is 11.6. The Morgan fingerprint density at radius 1 is 1.20 bits per heavy atom. The van der Waals surface area contributed by atoms with Gasteiger partial charge in [-0.25, -0.2) is 10.8 Å². The number of amides is 1. The number of aromatic nitrogens is 1. The van der Waals surface area contributed by atoms with Crippen molar-refractivity contribution in [2.75, 3.05) is 10.7 Å². The van der Waals surface area contributed by atoms with Crippen molar-refractivity contribution in [1.29, 1.82) is 0 Å². The fourth-order valence-corrected chi connectivity index (χ4v) is 1.85. The molecule has 0 saturated carbocycles. The molecule has 0 aliphatic heterocycles. The van der Waals surface area contributed by atoms with Gasteiger partial charge in [0, 0.05) is 11.9 Å². The molecule has 1 amide bonds. The summed E-state index contributed by atoms with van der Waals surface area (Å²) in [6, 6.07) is 11.1. The normalized spacial score (nSPS) is 10.4. The average molecular weight is 270 g/mol. The minimum Gasteiger partial charge on any atom is -0.322 e. The van der Waals surface area contributed by atoms with Gasteiger partial charge in [0.2, 0.25) is 0 Å². The molecule has 0 saturated heterocycles. The lowest BCUT2D eigenvalue weighted by molar-refractivity contribution is 0.102. The molecule has 5 heteroatoms. The van der Waals surface area contributed by atoms with Crippen molar-refractivity contribution in [2.24, 2.45) is 5.84 Å². The molecule has 1 heterocycles. The molecule has 20 heavy (non-hydrogen) atoms. The van der Waals surface area contributed by atoms with Gasteiger partial charge in [-0.1, -0.05) is 26.0 Å². The lowest BCUT2D eigenvalue weighted by Gasteiger charge is -2.10. The zero-order valence-electron chi connectivity index (χ0n) is 11.6. The Morgan fingerprint density at radius 2 is 1.90 bits per heavy atom. The molecule has 0 bridgehead atoms. The Labute approximate surface area is 118 Å². The number of benzene rings is 1. The van der Waals surface area contributed by atoms with E-state index in [1.165, 1.54) is 5.56 Å². The zero-order chi connectivity index (χ0) is 14.5. The highest BCUT2D eigenvalue weighted by Gasteiger charge is 2.11. The number of anilines is 2. The van der Waals surface area contributed by atoms with Gasteiger partial charge >= 0.3 is 0 Å². The van der Waals surface area contributed by atoms with Crippen LogP contribution in [-0.2, 0) is 0 Å². The van der Waals surface area contributed by atoms with Gasteiger partial charge in [-0.3, -0.25) is 4.79 Å². The number of carbonyl (C=O) groups is 1. The van der Waals surface area contributed by atoms with Crippen molar-refractivity contribution < 1.29 is 4.79 Å². The minimum atomic E-state index is -0.247. The molecule has 0 atom stereocenters. The van der Waals surface area contributed by atoms with Gasteiger partial charge in [-0.05, 0) is 35.7 Å². The van der Waals surface area contributed by atoms with Crippen molar-refractivity contribution >= 4 is 17.4 Å². The largest absolute Gasteiger partial charge is 0.322 e. The number of nitrogens with one attached hydrogen (secondary N) is 2. The fraction of sp³-hybridized carbons (Fsp3) is 0.200. The van der Waals surface area contributed by atoms with E-state index in [2.05, 4.69) is 29.6 Å². The average Bonchev–Trinajstić information content (AvgIpc) is 2.47. The Kier molecular flexibility index (Phi) is 4.32. The molecule has 4 N–H and O–H groups in total. The van der Waals surface area contributed by atoms with Gasteiger partial charge in [-0.15, -0.1) is 0 Å². The summed E-state index contributed by atoms with van der Waals surface area (Å²) in [7, 11) is 0. The van der Waals surface area contributed by atoms with Gasteiger partial charge < -0.3 is 10.7 Å². The molecule has 2 rings (SSSR count). The van der Waals surface area contributed by atoms with E-state index in [1.54, 1.807) is 18.3 Å². The van der Waals surface area contributed by atoms with Crippen LogP contribution in [0, 0.1) is 0 Å². The lowest BCUT2D eigenvalue weighted by Crippen LogP contribution is -2.18. The summed E-state index contributed by atoms with van der Waals surface area (Å²) in [6.45, 7) is 4.25. The number of hydrazine groups is 1.